The molecule has 0 radical (unpaired) electrons. The van der Waals surface area contributed by atoms with Crippen molar-refractivity contribution in [1.29, 1.82) is 5.26 Å². The number of carbonyl (C=O) groups is 1. The number of benzene rings is 2. The molecule has 7 nitrogen and oxygen atoms in total. The number of amides is 1. The van der Waals surface area contributed by atoms with Crippen molar-refractivity contribution in [2.45, 2.75) is 40.0 Å². The van der Waals surface area contributed by atoms with Gasteiger partial charge in [0.1, 0.15) is 28.6 Å². The van der Waals surface area contributed by atoms with E-state index in [4.69, 9.17) is 4.74 Å². The smallest absolute Gasteiger partial charge is 0.269 e. The quantitative estimate of drug-likeness (QED) is 0.274. The van der Waals surface area contributed by atoms with Crippen LogP contribution in [0.3, 0.4) is 0 Å². The Morgan fingerprint density at radius 2 is 1.78 bits per heavy atom. The summed E-state index contributed by atoms with van der Waals surface area (Å²) in [6.45, 7) is 10.3. The Morgan fingerprint density at radius 1 is 1.05 bits per heavy atom. The van der Waals surface area contributed by atoms with Gasteiger partial charge < -0.3 is 10.1 Å². The van der Waals surface area contributed by atoms with Gasteiger partial charge >= 0.3 is 0 Å². The Bertz CT molecular complexity index is 1620. The minimum absolute atomic E-state index is 0.00427. The SMILES string of the molecule is Cc1ccc(NC(=O)C(C#N)=Cc2c(Oc3ccc(C(C)(C)C)cc3)nc3ccccn3c2=O)cc1C. The highest BCUT2D eigenvalue weighted by Crippen LogP contribution is 2.28. The number of hydrogen-bond donors (Lipinski definition) is 1. The van der Waals surface area contributed by atoms with Crippen molar-refractivity contribution >= 4 is 23.3 Å². The molecule has 0 saturated carbocycles. The van der Waals surface area contributed by atoms with E-state index < -0.39 is 11.5 Å². The molecule has 0 atom stereocenters. The van der Waals surface area contributed by atoms with Crippen LogP contribution in [0.15, 0.2) is 77.2 Å². The van der Waals surface area contributed by atoms with Crippen LogP contribution >= 0.6 is 0 Å². The number of anilines is 1. The van der Waals surface area contributed by atoms with Gasteiger partial charge in [-0.15, -0.1) is 0 Å². The highest BCUT2D eigenvalue weighted by Gasteiger charge is 2.18. The lowest BCUT2D eigenvalue weighted by Crippen LogP contribution is -2.20. The lowest BCUT2D eigenvalue weighted by atomic mass is 9.87. The molecule has 0 aliphatic heterocycles. The number of ether oxygens (including phenoxy) is 1. The van der Waals surface area contributed by atoms with Gasteiger partial charge in [0.15, 0.2) is 0 Å². The van der Waals surface area contributed by atoms with Crippen LogP contribution in [-0.4, -0.2) is 15.3 Å². The first kappa shape index (κ1) is 25.4. The minimum atomic E-state index is -0.635. The molecule has 1 N–H and O–H groups in total. The van der Waals surface area contributed by atoms with Gasteiger partial charge in [-0.2, -0.15) is 10.2 Å². The van der Waals surface area contributed by atoms with Crippen molar-refractivity contribution in [2.75, 3.05) is 5.32 Å². The molecule has 7 heteroatoms. The summed E-state index contributed by atoms with van der Waals surface area (Å²) < 4.78 is 7.37. The van der Waals surface area contributed by atoms with Crippen molar-refractivity contribution in [2.24, 2.45) is 0 Å². The average Bonchev–Trinajstić information content (AvgIpc) is 2.86. The number of aryl methyl sites for hydroxylation is 2. The molecule has 0 saturated heterocycles. The fourth-order valence-corrected chi connectivity index (χ4v) is 3.73. The summed E-state index contributed by atoms with van der Waals surface area (Å²) in [5.41, 5.74) is 3.41. The molecule has 1 amide bonds. The van der Waals surface area contributed by atoms with Gasteiger partial charge in [0, 0.05) is 11.9 Å². The maximum atomic E-state index is 13.4. The zero-order valence-corrected chi connectivity index (χ0v) is 21.5. The summed E-state index contributed by atoms with van der Waals surface area (Å²) in [5, 5.41) is 12.5. The van der Waals surface area contributed by atoms with E-state index in [0.29, 0.717) is 17.1 Å². The highest BCUT2D eigenvalue weighted by atomic mass is 16.5. The van der Waals surface area contributed by atoms with E-state index >= 15 is 0 Å². The molecule has 186 valence electrons. The van der Waals surface area contributed by atoms with E-state index in [9.17, 15) is 14.9 Å². The number of carbonyl (C=O) groups excluding carboxylic acids is 1. The molecule has 0 aliphatic rings. The average molecular weight is 493 g/mol. The molecule has 0 spiro atoms. The second-order valence-electron chi connectivity index (χ2n) is 9.86. The minimum Gasteiger partial charge on any atom is -0.438 e. The van der Waals surface area contributed by atoms with Crippen molar-refractivity contribution in [3.8, 4) is 17.7 Å². The first-order chi connectivity index (χ1) is 17.6. The zero-order valence-electron chi connectivity index (χ0n) is 21.5. The summed E-state index contributed by atoms with van der Waals surface area (Å²) in [4.78, 5) is 30.9. The van der Waals surface area contributed by atoms with Crippen molar-refractivity contribution in [3.05, 3.63) is 105 Å². The first-order valence-corrected chi connectivity index (χ1v) is 11.9. The number of nitrogens with one attached hydrogen (secondary N) is 1. The van der Waals surface area contributed by atoms with E-state index in [1.807, 2.05) is 44.2 Å². The summed E-state index contributed by atoms with van der Waals surface area (Å²) in [5.74, 6) is -0.150. The standard InChI is InChI=1S/C30H28N4O3/c1-19-9-12-23(16-20(19)2)32-27(35)21(18-31)17-25-28(33-26-8-6-7-15-34(26)29(25)36)37-24-13-10-22(11-14-24)30(3,4)5/h6-17H,1-5H3,(H,32,35). The Balaban J connectivity index is 1.76. The molecule has 2 aromatic carbocycles. The lowest BCUT2D eigenvalue weighted by Gasteiger charge is -2.19. The van der Waals surface area contributed by atoms with Crippen LogP contribution in [0.25, 0.3) is 11.7 Å². The molecule has 0 unspecified atom stereocenters. The second kappa shape index (κ2) is 10.1. The van der Waals surface area contributed by atoms with E-state index in [2.05, 4.69) is 31.1 Å². The molecule has 2 aromatic heterocycles. The summed E-state index contributed by atoms with van der Waals surface area (Å²) in [6.07, 6.45) is 2.80. The van der Waals surface area contributed by atoms with Gasteiger partial charge in [0.2, 0.25) is 5.88 Å². The van der Waals surface area contributed by atoms with Gasteiger partial charge in [-0.3, -0.25) is 14.0 Å². The van der Waals surface area contributed by atoms with E-state index in [1.54, 1.807) is 42.6 Å². The number of nitriles is 1. The van der Waals surface area contributed by atoms with Crippen molar-refractivity contribution in [1.82, 2.24) is 9.38 Å². The summed E-state index contributed by atoms with van der Waals surface area (Å²) in [6, 6.07) is 20.0. The number of nitrogens with zero attached hydrogens (tertiary/aromatic N) is 3. The number of pyridine rings is 1. The normalized spacial score (nSPS) is 11.7. The third-order valence-electron chi connectivity index (χ3n) is 6.09. The number of fused-ring (bicyclic) bond motifs is 1. The predicted molar refractivity (Wildman–Crippen MR) is 145 cm³/mol. The number of aromatic nitrogens is 2. The van der Waals surface area contributed by atoms with Crippen LogP contribution in [-0.2, 0) is 10.2 Å². The second-order valence-corrected chi connectivity index (χ2v) is 9.86. The Morgan fingerprint density at radius 3 is 2.43 bits per heavy atom. The van der Waals surface area contributed by atoms with Crippen LogP contribution in [0.2, 0.25) is 0 Å². The van der Waals surface area contributed by atoms with Gasteiger partial charge in [0.05, 0.1) is 0 Å². The fraction of sp³-hybridized carbons (Fsp3) is 0.200. The van der Waals surface area contributed by atoms with Crippen LogP contribution in [0.4, 0.5) is 5.69 Å². The molecule has 0 aliphatic carbocycles. The van der Waals surface area contributed by atoms with E-state index in [-0.39, 0.29) is 22.4 Å². The number of rotatable bonds is 5. The molecule has 37 heavy (non-hydrogen) atoms. The third-order valence-corrected chi connectivity index (χ3v) is 6.09. The molecule has 0 bridgehead atoms. The Hall–Kier alpha value is -4.70. The molecule has 4 aromatic rings. The van der Waals surface area contributed by atoms with E-state index in [1.165, 1.54) is 10.5 Å². The van der Waals surface area contributed by atoms with Gasteiger partial charge in [-0.25, -0.2) is 0 Å². The third kappa shape index (κ3) is 5.60. The molecular weight excluding hydrogens is 464 g/mol. The molecule has 2 heterocycles. The van der Waals surface area contributed by atoms with Crippen LogP contribution in [0.5, 0.6) is 11.6 Å². The molecular formula is C30H28N4O3. The van der Waals surface area contributed by atoms with Gasteiger partial charge in [-0.05, 0) is 78.4 Å². The maximum Gasteiger partial charge on any atom is 0.269 e. The van der Waals surface area contributed by atoms with Crippen LogP contribution in [0.1, 0.15) is 43.0 Å². The summed E-state index contributed by atoms with van der Waals surface area (Å²) >= 11 is 0. The van der Waals surface area contributed by atoms with E-state index in [0.717, 1.165) is 16.7 Å². The van der Waals surface area contributed by atoms with Crippen LogP contribution in [0, 0.1) is 25.2 Å². The Kier molecular flexibility index (Phi) is 6.94. The van der Waals surface area contributed by atoms with Crippen molar-refractivity contribution < 1.29 is 9.53 Å². The predicted octanol–water partition coefficient (Wildman–Crippen LogP) is 5.95. The molecule has 4 rings (SSSR count). The fourth-order valence-electron chi connectivity index (χ4n) is 3.73. The van der Waals surface area contributed by atoms with Crippen molar-refractivity contribution in [3.63, 3.8) is 0 Å². The van der Waals surface area contributed by atoms with Crippen LogP contribution < -0.4 is 15.6 Å². The number of hydrogen-bond acceptors (Lipinski definition) is 5. The highest BCUT2D eigenvalue weighted by molar-refractivity contribution is 6.09. The first-order valence-electron chi connectivity index (χ1n) is 11.9. The lowest BCUT2D eigenvalue weighted by molar-refractivity contribution is -0.112. The Labute approximate surface area is 215 Å². The maximum absolute atomic E-state index is 13.4. The summed E-state index contributed by atoms with van der Waals surface area (Å²) in [7, 11) is 0. The monoisotopic (exact) mass is 492 g/mol. The topological polar surface area (TPSA) is 96.5 Å². The zero-order chi connectivity index (χ0) is 26.7. The molecule has 0 fully saturated rings. The largest absolute Gasteiger partial charge is 0.438 e. The van der Waals surface area contributed by atoms with Gasteiger partial charge in [0.25, 0.3) is 11.5 Å². The van der Waals surface area contributed by atoms with Gasteiger partial charge in [-0.1, -0.05) is 45.0 Å².